The van der Waals surface area contributed by atoms with Crippen molar-refractivity contribution < 1.29 is 57.1 Å². The molecule has 0 bridgehead atoms. The lowest BCUT2D eigenvalue weighted by Crippen LogP contribution is -2.44. The lowest BCUT2D eigenvalue weighted by Gasteiger charge is -2.28. The summed E-state index contributed by atoms with van der Waals surface area (Å²) in [6.07, 6.45) is 4.05. The maximum atomic E-state index is 14.0. The molecule has 1 N–H and O–H groups in total. The fourth-order valence-corrected chi connectivity index (χ4v) is 13.7. The Labute approximate surface area is 532 Å². The summed E-state index contributed by atoms with van der Waals surface area (Å²) in [6.45, 7) is 30.1. The molecule has 480 valence electrons. The second-order valence-electron chi connectivity index (χ2n) is 24.7. The number of carbonyl (C=O) groups excluding carboxylic acids is 5. The minimum absolute atomic E-state index is 0. The lowest BCUT2D eigenvalue weighted by atomic mass is 9.92. The van der Waals surface area contributed by atoms with Crippen molar-refractivity contribution in [3.8, 4) is 44.4 Å². The number of hydrogen-bond acceptors (Lipinski definition) is 19. The van der Waals surface area contributed by atoms with Crippen molar-refractivity contribution in [2.75, 3.05) is 40.5 Å². The van der Waals surface area contributed by atoms with Gasteiger partial charge in [0.25, 0.3) is 0 Å². The number of amides is 1. The number of fused-ring (bicyclic) bond motifs is 2. The van der Waals surface area contributed by atoms with Crippen LogP contribution >= 0.6 is 22.7 Å². The number of aryl methyl sites for hydroxylation is 2. The van der Waals surface area contributed by atoms with E-state index in [0.29, 0.717) is 66.8 Å². The highest BCUT2D eigenvalue weighted by atomic mass is 32.1. The first-order valence-corrected chi connectivity index (χ1v) is 31.8. The Morgan fingerprint density at radius 3 is 1.55 bits per heavy atom. The topological polar surface area (TPSA) is 217 Å². The number of esters is 2. The van der Waals surface area contributed by atoms with Gasteiger partial charge in [0.1, 0.15) is 62.2 Å². The van der Waals surface area contributed by atoms with Crippen LogP contribution in [0.15, 0.2) is 72.5 Å². The van der Waals surface area contributed by atoms with Crippen LogP contribution in [0.5, 0.6) is 23.0 Å². The minimum Gasteiger partial charge on any atom is -0.496 e. The lowest BCUT2D eigenvalue weighted by molar-refractivity contribution is -0.152. The number of Topliss-reactive ketones (excluding diaryl/α,β-unsaturated/α-hetero) is 2. The molecule has 89 heavy (non-hydrogen) atoms. The highest BCUT2D eigenvalue weighted by Gasteiger charge is 2.62. The summed E-state index contributed by atoms with van der Waals surface area (Å²) in [7, 11) is 3.27. The van der Waals surface area contributed by atoms with Gasteiger partial charge in [0.05, 0.1) is 79.3 Å². The van der Waals surface area contributed by atoms with Gasteiger partial charge in [0.15, 0.2) is 11.6 Å². The molecule has 1 amide bonds. The zero-order chi connectivity index (χ0) is 62.9. The number of benzene rings is 2. The SMILES string of the molecule is C.C.C=C[C@@H]1C[C@]1(CC(=O)[C@@H]1C[C@@H](Oc2cc(-c3nc(C(C)C)cs3)nc3c(C)c(OC)ccc23)CN1)C(=O)OCC.C=C[C@@H]1C[C@]1(CC(=O)[C@@H]1C[C@@H](Oc2cc(-c3nc(C(C)C)cs3)nc3c(C)c(OC)ccc23)CN1C(=O)OC(C)(C)C)C(=O)OCC. The number of nitrogens with zero attached hydrogens (tertiary/aromatic N) is 5. The number of methoxy groups -OCH3 is 2. The molecule has 2 aliphatic carbocycles. The van der Waals surface area contributed by atoms with Gasteiger partial charge < -0.3 is 38.5 Å². The van der Waals surface area contributed by atoms with Crippen molar-refractivity contribution in [3.63, 3.8) is 0 Å². The van der Waals surface area contributed by atoms with Crippen LogP contribution in [0.4, 0.5) is 4.79 Å². The number of nitrogens with one attached hydrogen (secondary N) is 1. The second-order valence-corrected chi connectivity index (χ2v) is 26.5. The molecule has 0 spiro atoms. The molecule has 2 saturated carbocycles. The molecular weight excluding hydrogens is 1170 g/mol. The number of allylic oxidation sites excluding steroid dienone is 2. The predicted octanol–water partition coefficient (Wildman–Crippen LogP) is 14.2. The summed E-state index contributed by atoms with van der Waals surface area (Å²) in [6, 6.07) is 10.3. The summed E-state index contributed by atoms with van der Waals surface area (Å²) in [4.78, 5) is 87.4. The van der Waals surface area contributed by atoms with E-state index in [1.165, 1.54) is 16.2 Å². The summed E-state index contributed by atoms with van der Waals surface area (Å²) >= 11 is 3.09. The molecule has 4 fully saturated rings. The van der Waals surface area contributed by atoms with Gasteiger partial charge in [-0.25, -0.2) is 24.7 Å². The van der Waals surface area contributed by atoms with Crippen molar-refractivity contribution in [2.45, 2.75) is 171 Å². The van der Waals surface area contributed by atoms with Gasteiger partial charge in [-0.3, -0.25) is 24.1 Å². The van der Waals surface area contributed by atoms with Crippen LogP contribution in [0.1, 0.15) is 150 Å². The average Bonchev–Trinajstić information content (AvgIpc) is 1.67. The molecule has 4 aliphatic rings. The van der Waals surface area contributed by atoms with E-state index in [1.54, 1.807) is 72.3 Å². The molecule has 0 unspecified atom stereocenters. The van der Waals surface area contributed by atoms with Gasteiger partial charge in [0, 0.05) is 77.0 Å². The number of carbonyl (C=O) groups is 5. The largest absolute Gasteiger partial charge is 0.496 e. The van der Waals surface area contributed by atoms with Crippen molar-refractivity contribution in [1.82, 2.24) is 30.2 Å². The van der Waals surface area contributed by atoms with Crippen LogP contribution < -0.4 is 24.3 Å². The Morgan fingerprint density at radius 2 is 1.15 bits per heavy atom. The van der Waals surface area contributed by atoms with Crippen LogP contribution in [-0.4, -0.2) is 125 Å². The molecule has 20 heteroatoms. The molecule has 2 aromatic carbocycles. The van der Waals surface area contributed by atoms with E-state index in [0.717, 1.165) is 60.3 Å². The van der Waals surface area contributed by atoms with Crippen molar-refractivity contribution >= 4 is 74.1 Å². The van der Waals surface area contributed by atoms with Crippen molar-refractivity contribution in [2.24, 2.45) is 22.7 Å². The monoisotopic (exact) mass is 1260 g/mol. The molecule has 0 radical (unpaired) electrons. The van der Waals surface area contributed by atoms with Crippen molar-refractivity contribution in [3.05, 3.63) is 95.0 Å². The molecule has 2 saturated heterocycles. The first-order chi connectivity index (χ1) is 41.4. The smallest absolute Gasteiger partial charge is 0.411 e. The number of rotatable bonds is 22. The summed E-state index contributed by atoms with van der Waals surface area (Å²) < 4.78 is 40.8. The fraction of sp³-hybridized carbons (Fsp3) is 0.522. The third-order valence-corrected chi connectivity index (χ3v) is 18.7. The Balaban J connectivity index is 0.000000251. The summed E-state index contributed by atoms with van der Waals surface area (Å²) in [5, 5.41) is 10.7. The number of thiazole rings is 2. The van der Waals surface area contributed by atoms with E-state index in [2.05, 4.69) is 51.5 Å². The zero-order valence-corrected chi connectivity index (χ0v) is 54.0. The van der Waals surface area contributed by atoms with Gasteiger partial charge >= 0.3 is 18.0 Å². The Kier molecular flexibility index (Phi) is 22.0. The quantitative estimate of drug-likeness (QED) is 0.0380. The second kappa shape index (κ2) is 28.3. The predicted molar refractivity (Wildman–Crippen MR) is 350 cm³/mol. The third-order valence-electron chi connectivity index (χ3n) is 16.9. The zero-order valence-electron chi connectivity index (χ0n) is 52.3. The fourth-order valence-electron chi connectivity index (χ4n) is 11.8. The number of ether oxygens (including phenoxy) is 7. The van der Waals surface area contributed by atoms with Crippen LogP contribution in [-0.2, 0) is 33.4 Å². The number of pyridine rings is 2. The van der Waals surface area contributed by atoms with Gasteiger partial charge in [-0.2, -0.15) is 0 Å². The van der Waals surface area contributed by atoms with E-state index in [1.807, 2.05) is 55.6 Å². The number of aromatic nitrogens is 4. The van der Waals surface area contributed by atoms with E-state index >= 15 is 0 Å². The van der Waals surface area contributed by atoms with Gasteiger partial charge in [0.2, 0.25) is 0 Å². The van der Waals surface area contributed by atoms with E-state index in [-0.39, 0.29) is 94.7 Å². The van der Waals surface area contributed by atoms with Crippen LogP contribution in [0.2, 0.25) is 0 Å². The van der Waals surface area contributed by atoms with Crippen LogP contribution in [0, 0.1) is 36.5 Å². The molecular formula is C69H90N6O12S2. The maximum Gasteiger partial charge on any atom is 0.411 e. The van der Waals surface area contributed by atoms with Gasteiger partial charge in [-0.1, -0.05) is 54.7 Å². The molecule has 6 heterocycles. The maximum absolute atomic E-state index is 14.0. The molecule has 2 aliphatic heterocycles. The normalized spacial score (nSPS) is 22.5. The number of ketones is 2. The van der Waals surface area contributed by atoms with Gasteiger partial charge in [-0.15, -0.1) is 35.8 Å². The first kappa shape index (κ1) is 69.2. The van der Waals surface area contributed by atoms with E-state index < -0.39 is 40.6 Å². The third kappa shape index (κ3) is 14.7. The Hall–Kier alpha value is -7.29. The molecule has 10 rings (SSSR count). The Morgan fingerprint density at radius 1 is 0.685 bits per heavy atom. The molecule has 8 atom stereocenters. The molecule has 6 aromatic rings. The van der Waals surface area contributed by atoms with Crippen molar-refractivity contribution in [1.29, 1.82) is 0 Å². The highest BCUT2D eigenvalue weighted by molar-refractivity contribution is 7.13. The Bertz CT molecular complexity index is 3610. The van der Waals surface area contributed by atoms with E-state index in [4.69, 9.17) is 53.1 Å². The van der Waals surface area contributed by atoms with E-state index in [9.17, 15) is 24.0 Å². The van der Waals surface area contributed by atoms with Crippen LogP contribution in [0.3, 0.4) is 0 Å². The molecule has 18 nitrogen and oxygen atoms in total. The standard InChI is InChI=1S/C36H45N3O7S.C31H37N3O5S.2CH4/c1-10-22-16-36(22,33(41)44-11-2)17-28(40)27-14-23(18-39(27)34(42)46-35(6,7)8)45-30-15-25(32-38-26(19-47-32)20(3)4)37-31-21(5)29(43-9)13-12-24(30)31;1-7-19-13-31(19,30(36)38-8-2)14-25(35)22-11-20(15-32-22)39-27-12-23(29-34-24(16-40-29)17(3)4)33-28-18(5)26(37-6)10-9-21(27)28;;/h10,12-13,15,19-20,22-23,27H,1,11,14,16-18H2,2-9H3;7,9-10,12,16-17,19-20,22,32H,1,8,11,13-15H2,2-6H3;2*1H4/t22-,23-,27+,36-;19-,20-,22+,31-;;/m11../s1. The number of hydrogen-bond donors (Lipinski definition) is 1. The van der Waals surface area contributed by atoms with Crippen LogP contribution in [0.25, 0.3) is 43.2 Å². The number of likely N-dealkylation sites (tertiary alicyclic amines) is 1. The molecule has 4 aromatic heterocycles. The first-order valence-electron chi connectivity index (χ1n) is 30.0. The summed E-state index contributed by atoms with van der Waals surface area (Å²) in [5.74, 6) is 2.20. The highest BCUT2D eigenvalue weighted by Crippen LogP contribution is 2.58. The minimum atomic E-state index is -0.956. The summed E-state index contributed by atoms with van der Waals surface area (Å²) in [5.41, 5.74) is 4.22. The average molecular weight is 1260 g/mol. The van der Waals surface area contributed by atoms with Gasteiger partial charge in [-0.05, 0) is 109 Å².